The summed E-state index contributed by atoms with van der Waals surface area (Å²) in [6, 6.07) is 6.89. The fraction of sp³-hybridized carbons (Fsp3) is 0.600. The van der Waals surface area contributed by atoms with Gasteiger partial charge in [-0.25, -0.2) is 14.8 Å². The van der Waals surface area contributed by atoms with Crippen LogP contribution in [0.15, 0.2) is 30.5 Å². The monoisotopic (exact) mass is 606 g/mol. The van der Waals surface area contributed by atoms with E-state index in [1.807, 2.05) is 30.9 Å². The Kier molecular flexibility index (Phi) is 10.0. The van der Waals surface area contributed by atoms with Crippen molar-refractivity contribution in [2.45, 2.75) is 71.8 Å². The lowest BCUT2D eigenvalue weighted by atomic mass is 9.88. The zero-order chi connectivity index (χ0) is 31.4. The van der Waals surface area contributed by atoms with E-state index < -0.39 is 23.8 Å². The van der Waals surface area contributed by atoms with E-state index in [-0.39, 0.29) is 43.3 Å². The van der Waals surface area contributed by atoms with Crippen LogP contribution in [0.1, 0.15) is 57.9 Å². The molecule has 10 nitrogen and oxygen atoms in total. The van der Waals surface area contributed by atoms with Crippen LogP contribution in [-0.2, 0) is 4.74 Å². The molecule has 0 radical (unpaired) electrons. The number of hydrogen-bond donors (Lipinski definition) is 2. The summed E-state index contributed by atoms with van der Waals surface area (Å²) < 4.78 is 51.8. The Morgan fingerprint density at radius 3 is 2.56 bits per heavy atom. The summed E-state index contributed by atoms with van der Waals surface area (Å²) in [5.41, 5.74) is 0.642. The van der Waals surface area contributed by atoms with Gasteiger partial charge in [-0.05, 0) is 50.6 Å². The fourth-order valence-electron chi connectivity index (χ4n) is 5.47. The number of halogens is 3. The maximum atomic E-state index is 13.7. The number of anilines is 1. The molecule has 2 amide bonds. The van der Waals surface area contributed by atoms with Gasteiger partial charge in [0.1, 0.15) is 0 Å². The molecule has 2 fully saturated rings. The molecule has 1 unspecified atom stereocenters. The van der Waals surface area contributed by atoms with Crippen molar-refractivity contribution in [3.8, 4) is 17.1 Å². The predicted octanol–water partition coefficient (Wildman–Crippen LogP) is 4.65. The molecule has 0 aromatic carbocycles. The molecule has 0 bridgehead atoms. The number of carbonyl (C=O) groups is 2. The number of nitrogens with zero attached hydrogens (tertiary/aromatic N) is 4. The molecule has 2 aliphatic rings. The Hall–Kier alpha value is -3.61. The first-order valence-electron chi connectivity index (χ1n) is 14.7. The largest absolute Gasteiger partial charge is 0.477 e. The second-order valence-corrected chi connectivity index (χ2v) is 11.9. The molecule has 13 heteroatoms. The van der Waals surface area contributed by atoms with E-state index in [2.05, 4.69) is 15.6 Å². The van der Waals surface area contributed by atoms with E-state index in [0.717, 1.165) is 13.0 Å². The molecule has 4 rings (SSSR count). The fourth-order valence-corrected chi connectivity index (χ4v) is 5.47. The maximum Gasteiger partial charge on any atom is 0.426 e. The molecule has 236 valence electrons. The van der Waals surface area contributed by atoms with Crippen molar-refractivity contribution in [2.24, 2.45) is 5.41 Å². The molecule has 2 saturated heterocycles. The average molecular weight is 607 g/mol. The third-order valence-electron chi connectivity index (χ3n) is 7.64. The lowest BCUT2D eigenvalue weighted by molar-refractivity contribution is -0.232. The molecule has 0 saturated carbocycles. The highest BCUT2D eigenvalue weighted by Gasteiger charge is 2.50. The number of amides is 2. The summed E-state index contributed by atoms with van der Waals surface area (Å²) in [4.78, 5) is 39.0. The van der Waals surface area contributed by atoms with Crippen molar-refractivity contribution in [3.05, 3.63) is 36.2 Å². The van der Waals surface area contributed by atoms with Gasteiger partial charge in [0.15, 0.2) is 5.69 Å². The standard InChI is InChI=1S/C30H41F3N6O4/c1-6-20-18-38(28(41)43-27(29(3,4)5)30(31,32)33)15-16-39(20)23-11-10-22(21-9-8-13-35-26(21)42-7-2)37-24(23)25(40)36-19-12-14-34-17-19/h8-11,13,19-20,27,34H,6-7,12,14-18H2,1-5H3,(H,36,40)/t19-,20-,27?/m1/s1. The SMILES string of the molecule is CCOc1ncccc1-c1ccc(N2CCN(C(=O)OC(C(C)(C)C)C(F)(F)F)C[C@H]2CC)c(C(=O)N[C@@H]2CCNC2)n1. The van der Waals surface area contributed by atoms with Crippen molar-refractivity contribution in [1.82, 2.24) is 25.5 Å². The van der Waals surface area contributed by atoms with Crippen LogP contribution in [0.25, 0.3) is 11.3 Å². The number of carbonyl (C=O) groups excluding carboxylic acids is 2. The number of hydrogen-bond acceptors (Lipinski definition) is 8. The molecule has 0 spiro atoms. The molecule has 43 heavy (non-hydrogen) atoms. The highest BCUT2D eigenvalue weighted by molar-refractivity contribution is 5.99. The van der Waals surface area contributed by atoms with E-state index in [1.54, 1.807) is 18.3 Å². The highest BCUT2D eigenvalue weighted by Crippen LogP contribution is 2.37. The number of nitrogens with one attached hydrogen (secondary N) is 2. The van der Waals surface area contributed by atoms with Crippen molar-refractivity contribution in [1.29, 1.82) is 0 Å². The zero-order valence-corrected chi connectivity index (χ0v) is 25.3. The molecular weight excluding hydrogens is 565 g/mol. The van der Waals surface area contributed by atoms with Gasteiger partial charge < -0.3 is 29.9 Å². The lowest BCUT2D eigenvalue weighted by Crippen LogP contribution is -2.56. The van der Waals surface area contributed by atoms with Gasteiger partial charge in [-0.3, -0.25) is 4.79 Å². The van der Waals surface area contributed by atoms with Gasteiger partial charge in [-0.1, -0.05) is 27.7 Å². The van der Waals surface area contributed by atoms with Gasteiger partial charge in [0.2, 0.25) is 12.0 Å². The number of ether oxygens (including phenoxy) is 2. The van der Waals surface area contributed by atoms with E-state index in [9.17, 15) is 22.8 Å². The Balaban J connectivity index is 1.62. The van der Waals surface area contributed by atoms with Gasteiger partial charge in [0, 0.05) is 49.9 Å². The smallest absolute Gasteiger partial charge is 0.426 e. The van der Waals surface area contributed by atoms with Crippen LogP contribution in [0.4, 0.5) is 23.7 Å². The van der Waals surface area contributed by atoms with E-state index in [1.165, 1.54) is 25.7 Å². The molecule has 2 aromatic rings. The molecule has 2 aromatic heterocycles. The first-order chi connectivity index (χ1) is 20.3. The van der Waals surface area contributed by atoms with Crippen molar-refractivity contribution in [2.75, 3.05) is 44.2 Å². The van der Waals surface area contributed by atoms with Gasteiger partial charge in [-0.2, -0.15) is 13.2 Å². The van der Waals surface area contributed by atoms with Crippen LogP contribution in [0.2, 0.25) is 0 Å². The summed E-state index contributed by atoms with van der Waals surface area (Å²) in [6.45, 7) is 10.4. The van der Waals surface area contributed by atoms with Crippen LogP contribution in [0.3, 0.4) is 0 Å². The zero-order valence-electron chi connectivity index (χ0n) is 25.3. The van der Waals surface area contributed by atoms with Crippen molar-refractivity contribution in [3.63, 3.8) is 0 Å². The minimum atomic E-state index is -4.69. The second kappa shape index (κ2) is 13.4. The third-order valence-corrected chi connectivity index (χ3v) is 7.64. The molecule has 2 aliphatic heterocycles. The second-order valence-electron chi connectivity index (χ2n) is 11.9. The summed E-state index contributed by atoms with van der Waals surface area (Å²) in [5, 5.41) is 6.31. The third kappa shape index (κ3) is 7.67. The van der Waals surface area contributed by atoms with Crippen LogP contribution >= 0.6 is 0 Å². The minimum absolute atomic E-state index is 0.0406. The summed E-state index contributed by atoms with van der Waals surface area (Å²) in [7, 11) is 0. The number of pyridine rings is 2. The molecule has 0 aliphatic carbocycles. The van der Waals surface area contributed by atoms with E-state index in [4.69, 9.17) is 14.5 Å². The molecular formula is C30H41F3N6O4. The van der Waals surface area contributed by atoms with Crippen molar-refractivity contribution >= 4 is 17.7 Å². The number of rotatable bonds is 8. The van der Waals surface area contributed by atoms with E-state index >= 15 is 0 Å². The van der Waals surface area contributed by atoms with Gasteiger partial charge >= 0.3 is 12.3 Å². The van der Waals surface area contributed by atoms with Crippen LogP contribution < -0.4 is 20.3 Å². The Morgan fingerprint density at radius 2 is 1.93 bits per heavy atom. The quantitative estimate of drug-likeness (QED) is 0.447. The summed E-state index contributed by atoms with van der Waals surface area (Å²) in [6.07, 6.45) is -4.95. The highest BCUT2D eigenvalue weighted by atomic mass is 19.4. The number of alkyl halides is 3. The maximum absolute atomic E-state index is 13.7. The van der Waals surface area contributed by atoms with Gasteiger partial charge in [0.25, 0.3) is 5.91 Å². The van der Waals surface area contributed by atoms with Crippen LogP contribution in [-0.4, -0.2) is 90.6 Å². The molecule has 4 heterocycles. The normalized spacial score (nSPS) is 20.1. The average Bonchev–Trinajstić information content (AvgIpc) is 3.47. The molecule has 3 atom stereocenters. The summed E-state index contributed by atoms with van der Waals surface area (Å²) >= 11 is 0. The minimum Gasteiger partial charge on any atom is -0.477 e. The number of aromatic nitrogens is 2. The van der Waals surface area contributed by atoms with Crippen molar-refractivity contribution < 1.29 is 32.2 Å². The topological polar surface area (TPSA) is 109 Å². The Labute approximate surface area is 250 Å². The predicted molar refractivity (Wildman–Crippen MR) is 156 cm³/mol. The van der Waals surface area contributed by atoms with Crippen LogP contribution in [0.5, 0.6) is 5.88 Å². The van der Waals surface area contributed by atoms with Gasteiger partial charge in [0.05, 0.1) is 23.6 Å². The first-order valence-corrected chi connectivity index (χ1v) is 14.7. The summed E-state index contributed by atoms with van der Waals surface area (Å²) in [5.74, 6) is 0.0740. The van der Waals surface area contributed by atoms with Gasteiger partial charge in [-0.15, -0.1) is 0 Å². The Morgan fingerprint density at radius 1 is 1.16 bits per heavy atom. The van der Waals surface area contributed by atoms with E-state index in [0.29, 0.717) is 42.4 Å². The first kappa shape index (κ1) is 32.3. The number of piperazine rings is 1. The lowest BCUT2D eigenvalue weighted by Gasteiger charge is -2.43. The van der Waals surface area contributed by atoms with Crippen LogP contribution in [0, 0.1) is 5.41 Å². The Bertz CT molecular complexity index is 1270. The molecule has 2 N–H and O–H groups in total.